The molecule has 0 bridgehead atoms. The van der Waals surface area contributed by atoms with Crippen molar-refractivity contribution in [2.75, 3.05) is 0 Å². The lowest BCUT2D eigenvalue weighted by molar-refractivity contribution is -0.130. The Kier molecular flexibility index (Phi) is 8.44. The summed E-state index contributed by atoms with van der Waals surface area (Å²) in [5, 5.41) is 14.1. The Morgan fingerprint density at radius 3 is 2.45 bits per heavy atom. The number of esters is 1. The number of allylic oxidation sites excluding steroid dienone is 1. The standard InChI is InChI=1S/C35H38ClN3O3/c1-22(32(40)39-35(21-37)16-8-5-9-17-35)42-33(41)30-27-10-6-7-11-29(27)38-31-24(18-23-12-14-26(36)15-13-23)19-25(20-28(30)31)34(2,3)4/h6-7,10-15,18,22,25H,5,8-9,16-17,19-20H2,1-4H3,(H,39,40)/b24-18-/t22-,25-/m0/s1. The van der Waals surface area contributed by atoms with Crippen molar-refractivity contribution in [1.29, 1.82) is 5.26 Å². The fourth-order valence-corrected chi connectivity index (χ4v) is 6.29. The van der Waals surface area contributed by atoms with Gasteiger partial charge < -0.3 is 10.1 Å². The Morgan fingerprint density at radius 1 is 1.10 bits per heavy atom. The summed E-state index contributed by atoms with van der Waals surface area (Å²) in [4.78, 5) is 32.3. The normalized spacial score (nSPS) is 19.9. The molecule has 1 aromatic heterocycles. The summed E-state index contributed by atoms with van der Waals surface area (Å²) in [6.07, 6.45) is 6.59. The SMILES string of the molecule is C[C@H](OC(=O)c1c2c(nc3ccccc13)/C(=C\c1ccc(Cl)cc1)C[C@H](C(C)(C)C)C2)C(=O)NC1(C#N)CCCCC1. The molecule has 2 aliphatic rings. The summed E-state index contributed by atoms with van der Waals surface area (Å²) in [5.41, 5.74) is 3.92. The van der Waals surface area contributed by atoms with Crippen LogP contribution in [0.2, 0.25) is 5.02 Å². The lowest BCUT2D eigenvalue weighted by Gasteiger charge is -2.37. The molecule has 0 unspecified atom stereocenters. The van der Waals surface area contributed by atoms with Crippen LogP contribution in [0.3, 0.4) is 0 Å². The minimum atomic E-state index is -1.06. The Labute approximate surface area is 253 Å². The van der Waals surface area contributed by atoms with Crippen LogP contribution in [0.4, 0.5) is 0 Å². The van der Waals surface area contributed by atoms with Gasteiger partial charge in [-0.05, 0) is 84.9 Å². The van der Waals surface area contributed by atoms with E-state index < -0.39 is 23.5 Å². The van der Waals surface area contributed by atoms with Crippen molar-refractivity contribution in [3.8, 4) is 6.07 Å². The van der Waals surface area contributed by atoms with Crippen LogP contribution < -0.4 is 5.32 Å². The van der Waals surface area contributed by atoms with Crippen LogP contribution in [0.1, 0.15) is 93.4 Å². The molecular weight excluding hydrogens is 546 g/mol. The number of fused-ring (bicyclic) bond motifs is 2. The molecule has 2 aliphatic carbocycles. The highest BCUT2D eigenvalue weighted by molar-refractivity contribution is 6.30. The number of ether oxygens (including phenoxy) is 1. The summed E-state index contributed by atoms with van der Waals surface area (Å²) in [6.45, 7) is 8.23. The van der Waals surface area contributed by atoms with E-state index >= 15 is 0 Å². The Bertz CT molecular complexity index is 1570. The fourth-order valence-electron chi connectivity index (χ4n) is 6.16. The van der Waals surface area contributed by atoms with Crippen LogP contribution in [0.15, 0.2) is 48.5 Å². The second kappa shape index (κ2) is 11.9. The first-order valence-corrected chi connectivity index (χ1v) is 15.2. The Hall–Kier alpha value is -3.69. The molecule has 2 atom stereocenters. The van der Waals surface area contributed by atoms with Crippen LogP contribution in [0.25, 0.3) is 22.6 Å². The molecule has 1 saturated carbocycles. The van der Waals surface area contributed by atoms with E-state index in [0.717, 1.165) is 48.1 Å². The molecular formula is C35H38ClN3O3. The quantitative estimate of drug-likeness (QED) is 0.308. The van der Waals surface area contributed by atoms with Gasteiger partial charge in [-0.3, -0.25) is 4.79 Å². The van der Waals surface area contributed by atoms with Crippen molar-refractivity contribution >= 4 is 46.0 Å². The summed E-state index contributed by atoms with van der Waals surface area (Å²) in [7, 11) is 0. The van der Waals surface area contributed by atoms with Gasteiger partial charge in [0.25, 0.3) is 5.91 Å². The lowest BCUT2D eigenvalue weighted by Crippen LogP contribution is -2.52. The molecule has 5 rings (SSSR count). The van der Waals surface area contributed by atoms with Crippen LogP contribution in [-0.2, 0) is 16.0 Å². The van der Waals surface area contributed by atoms with Gasteiger partial charge in [0.15, 0.2) is 6.10 Å². The Morgan fingerprint density at radius 2 is 1.79 bits per heavy atom. The fraction of sp³-hybridized carbons (Fsp3) is 0.429. The molecule has 0 spiro atoms. The van der Waals surface area contributed by atoms with Crippen molar-refractivity contribution in [3.05, 3.63) is 75.9 Å². The highest BCUT2D eigenvalue weighted by Crippen LogP contribution is 2.45. The molecule has 6 nitrogen and oxygen atoms in total. The number of pyridine rings is 1. The molecule has 3 aromatic rings. The summed E-state index contributed by atoms with van der Waals surface area (Å²) in [5.74, 6) is -0.752. The minimum absolute atomic E-state index is 0.0254. The van der Waals surface area contributed by atoms with E-state index in [1.54, 1.807) is 6.92 Å². The molecule has 0 radical (unpaired) electrons. The van der Waals surface area contributed by atoms with Gasteiger partial charge in [0.2, 0.25) is 0 Å². The van der Waals surface area contributed by atoms with Gasteiger partial charge in [0.05, 0.1) is 22.8 Å². The number of hydrogen-bond donors (Lipinski definition) is 1. The number of para-hydroxylation sites is 1. The maximum absolute atomic E-state index is 14.0. The molecule has 218 valence electrons. The molecule has 2 aromatic carbocycles. The first kappa shape index (κ1) is 29.8. The van der Waals surface area contributed by atoms with Gasteiger partial charge >= 0.3 is 5.97 Å². The van der Waals surface area contributed by atoms with Gasteiger partial charge in [-0.15, -0.1) is 0 Å². The number of benzene rings is 2. The van der Waals surface area contributed by atoms with Crippen LogP contribution in [-0.4, -0.2) is 28.5 Å². The van der Waals surface area contributed by atoms with Crippen LogP contribution in [0.5, 0.6) is 0 Å². The molecule has 0 aliphatic heterocycles. The van der Waals surface area contributed by atoms with Gasteiger partial charge in [-0.2, -0.15) is 5.26 Å². The molecule has 1 amide bonds. The molecule has 1 heterocycles. The maximum atomic E-state index is 14.0. The average molecular weight is 584 g/mol. The third kappa shape index (κ3) is 6.22. The summed E-state index contributed by atoms with van der Waals surface area (Å²) < 4.78 is 5.87. The second-order valence-corrected chi connectivity index (χ2v) is 13.3. The summed E-state index contributed by atoms with van der Waals surface area (Å²) in [6, 6.07) is 17.6. The van der Waals surface area contributed by atoms with E-state index in [1.807, 2.05) is 48.5 Å². The highest BCUT2D eigenvalue weighted by atomic mass is 35.5. The van der Waals surface area contributed by atoms with Crippen molar-refractivity contribution in [2.24, 2.45) is 11.3 Å². The lowest BCUT2D eigenvalue weighted by atomic mass is 9.69. The molecule has 1 N–H and O–H groups in total. The van der Waals surface area contributed by atoms with Crippen molar-refractivity contribution < 1.29 is 14.3 Å². The number of rotatable bonds is 5. The van der Waals surface area contributed by atoms with Gasteiger partial charge in [0.1, 0.15) is 5.54 Å². The van der Waals surface area contributed by atoms with Crippen molar-refractivity contribution in [1.82, 2.24) is 10.3 Å². The van der Waals surface area contributed by atoms with E-state index in [2.05, 4.69) is 38.2 Å². The van der Waals surface area contributed by atoms with E-state index in [-0.39, 0.29) is 11.3 Å². The summed E-state index contributed by atoms with van der Waals surface area (Å²) >= 11 is 6.14. The zero-order valence-corrected chi connectivity index (χ0v) is 25.6. The third-order valence-electron chi connectivity index (χ3n) is 8.79. The average Bonchev–Trinajstić information content (AvgIpc) is 2.97. The number of carbonyl (C=O) groups excluding carboxylic acids is 2. The first-order chi connectivity index (χ1) is 20.0. The number of nitrogens with one attached hydrogen (secondary N) is 1. The number of carbonyl (C=O) groups is 2. The van der Waals surface area contributed by atoms with Crippen LogP contribution in [0, 0.1) is 22.7 Å². The van der Waals surface area contributed by atoms with Gasteiger partial charge in [-0.1, -0.05) is 82.0 Å². The zero-order chi connectivity index (χ0) is 30.1. The monoisotopic (exact) mass is 583 g/mol. The number of aromatic nitrogens is 1. The van der Waals surface area contributed by atoms with Crippen LogP contribution >= 0.6 is 11.6 Å². The van der Waals surface area contributed by atoms with E-state index in [0.29, 0.717) is 40.8 Å². The highest BCUT2D eigenvalue weighted by Gasteiger charge is 2.38. The zero-order valence-electron chi connectivity index (χ0n) is 24.8. The second-order valence-electron chi connectivity index (χ2n) is 12.8. The topological polar surface area (TPSA) is 92.1 Å². The molecule has 1 fully saturated rings. The number of nitrogens with zero attached hydrogens (tertiary/aromatic N) is 2. The number of amides is 1. The molecule has 42 heavy (non-hydrogen) atoms. The van der Waals surface area contributed by atoms with Crippen molar-refractivity contribution in [3.63, 3.8) is 0 Å². The molecule has 0 saturated heterocycles. The maximum Gasteiger partial charge on any atom is 0.339 e. The predicted molar refractivity (Wildman–Crippen MR) is 167 cm³/mol. The van der Waals surface area contributed by atoms with E-state index in [4.69, 9.17) is 21.3 Å². The minimum Gasteiger partial charge on any atom is -0.449 e. The smallest absolute Gasteiger partial charge is 0.339 e. The number of nitriles is 1. The van der Waals surface area contributed by atoms with E-state index in [1.165, 1.54) is 0 Å². The van der Waals surface area contributed by atoms with E-state index in [9.17, 15) is 14.9 Å². The van der Waals surface area contributed by atoms with Gasteiger partial charge in [0, 0.05) is 10.4 Å². The Balaban J connectivity index is 1.55. The number of halogens is 1. The number of hydrogen-bond acceptors (Lipinski definition) is 5. The first-order valence-electron chi connectivity index (χ1n) is 14.8. The van der Waals surface area contributed by atoms with Gasteiger partial charge in [-0.25, -0.2) is 9.78 Å². The predicted octanol–water partition coefficient (Wildman–Crippen LogP) is 7.93. The van der Waals surface area contributed by atoms with Crippen molar-refractivity contribution in [2.45, 2.75) is 84.3 Å². The molecule has 7 heteroatoms. The third-order valence-corrected chi connectivity index (χ3v) is 9.04. The largest absolute Gasteiger partial charge is 0.449 e.